The summed E-state index contributed by atoms with van der Waals surface area (Å²) < 4.78 is 13.5. The molecule has 0 aliphatic heterocycles. The third kappa shape index (κ3) is 6.32. The molecule has 4 aromatic heterocycles. The molecule has 0 aliphatic carbocycles. The molecule has 0 unspecified atom stereocenters. The lowest BCUT2D eigenvalue weighted by atomic mass is 9.99. The van der Waals surface area contributed by atoms with Crippen LogP contribution in [-0.2, 0) is 0 Å². The second-order valence-electron chi connectivity index (χ2n) is 17.9. The van der Waals surface area contributed by atoms with Gasteiger partial charge in [0.2, 0.25) is 6.33 Å². The lowest BCUT2D eigenvalue weighted by molar-refractivity contribution is -0.590. The van der Waals surface area contributed by atoms with Gasteiger partial charge in [0.15, 0.2) is 5.58 Å². The molecule has 4 heterocycles. The van der Waals surface area contributed by atoms with E-state index in [4.69, 9.17) is 14.4 Å². The van der Waals surface area contributed by atoms with Crippen molar-refractivity contribution in [1.82, 2.24) is 19.1 Å². The zero-order valence-corrected chi connectivity index (χ0v) is 38.1. The molecule has 0 spiro atoms. The number of para-hydroxylation sites is 4. The average molecular weight is 908 g/mol. The molecular weight excluding hydrogens is 869 g/mol. The Morgan fingerprint density at radius 3 is 1.87 bits per heavy atom. The van der Waals surface area contributed by atoms with Crippen LogP contribution in [0.15, 0.2) is 241 Å². The first-order valence-electron chi connectivity index (χ1n) is 23.7. The minimum absolute atomic E-state index is 0.515. The van der Waals surface area contributed by atoms with Gasteiger partial charge >= 0.3 is 5.82 Å². The molecular formula is C64H39N6O+. The van der Waals surface area contributed by atoms with Crippen LogP contribution in [0.4, 0.5) is 0 Å². The zero-order valence-electron chi connectivity index (χ0n) is 38.1. The van der Waals surface area contributed by atoms with E-state index in [1.807, 2.05) is 48.8 Å². The third-order valence-electron chi connectivity index (χ3n) is 13.9. The number of nitrogens with zero attached hydrogens (tertiary/aromatic N) is 6. The Morgan fingerprint density at radius 1 is 0.451 bits per heavy atom. The van der Waals surface area contributed by atoms with Crippen LogP contribution in [0.1, 0.15) is 5.56 Å². The van der Waals surface area contributed by atoms with Crippen molar-refractivity contribution < 1.29 is 8.98 Å². The lowest BCUT2D eigenvalue weighted by Crippen LogP contribution is -2.37. The van der Waals surface area contributed by atoms with Crippen LogP contribution in [0.25, 0.3) is 128 Å². The van der Waals surface area contributed by atoms with Crippen LogP contribution in [-0.4, -0.2) is 19.1 Å². The van der Waals surface area contributed by atoms with Crippen molar-refractivity contribution in [2.45, 2.75) is 0 Å². The molecule has 0 amide bonds. The average Bonchev–Trinajstić information content (AvgIpc) is 4.11. The van der Waals surface area contributed by atoms with Crippen molar-refractivity contribution >= 4 is 65.6 Å². The zero-order chi connectivity index (χ0) is 47.0. The monoisotopic (exact) mass is 907 g/mol. The van der Waals surface area contributed by atoms with Crippen LogP contribution in [0.3, 0.4) is 0 Å². The first-order valence-corrected chi connectivity index (χ1v) is 23.7. The molecule has 10 aromatic carbocycles. The predicted octanol–water partition coefficient (Wildman–Crippen LogP) is 15.4. The summed E-state index contributed by atoms with van der Waals surface area (Å²) in [7, 11) is 0. The van der Waals surface area contributed by atoms with Crippen LogP contribution in [0.5, 0.6) is 0 Å². The Hall–Kier alpha value is -9.90. The normalized spacial score (nSPS) is 11.6. The molecule has 0 bridgehead atoms. The Morgan fingerprint density at radius 2 is 1.08 bits per heavy atom. The van der Waals surface area contributed by atoms with Gasteiger partial charge < -0.3 is 13.6 Å². The smallest absolute Gasteiger partial charge is 0.308 e. The van der Waals surface area contributed by atoms with E-state index in [2.05, 4.69) is 208 Å². The molecule has 0 atom stereocenters. The summed E-state index contributed by atoms with van der Waals surface area (Å²) in [6, 6.07) is 82.4. The van der Waals surface area contributed by atoms with Gasteiger partial charge in [0, 0.05) is 32.3 Å². The standard InChI is InChI=1S/C64H39N6O/c65-39-41-30-36-55(58(38-41)68-40-66-63(51-23-8-7-20-46(51)44-18-5-2-6-19-44)67-64(68)45-33-31-43(32-34-45)42-16-3-1-4-17-42)70-53-26-12-9-21-47(53)49-35-37-56-60(61(49)70)52-24-10-13-27-54(52)69(56)57-28-15-25-50-48-22-11-14-29-59(48)71-62(50)57/h1-38,40H/q+1. The number of fused-ring (bicyclic) bond motifs is 10. The van der Waals surface area contributed by atoms with Crippen LogP contribution in [0.2, 0.25) is 0 Å². The molecule has 0 N–H and O–H groups in total. The summed E-state index contributed by atoms with van der Waals surface area (Å²) >= 11 is 0. The van der Waals surface area contributed by atoms with Crippen molar-refractivity contribution in [3.8, 4) is 68.2 Å². The highest BCUT2D eigenvalue weighted by Gasteiger charge is 2.28. The quantitative estimate of drug-likeness (QED) is 0.149. The Kier molecular flexibility index (Phi) is 9.13. The molecule has 14 rings (SSSR count). The van der Waals surface area contributed by atoms with Crippen molar-refractivity contribution in [1.29, 1.82) is 5.26 Å². The van der Waals surface area contributed by atoms with Gasteiger partial charge in [-0.2, -0.15) is 9.83 Å². The number of hydrogen-bond donors (Lipinski definition) is 0. The van der Waals surface area contributed by atoms with E-state index in [0.29, 0.717) is 17.2 Å². The summed E-state index contributed by atoms with van der Waals surface area (Å²) in [5.74, 6) is 1.27. The molecule has 7 heteroatoms. The molecule has 0 radical (unpaired) electrons. The molecule has 14 aromatic rings. The van der Waals surface area contributed by atoms with Gasteiger partial charge in [0.1, 0.15) is 11.3 Å². The van der Waals surface area contributed by atoms with E-state index in [0.717, 1.165) is 116 Å². The van der Waals surface area contributed by atoms with Gasteiger partial charge in [-0.25, -0.2) is 0 Å². The van der Waals surface area contributed by atoms with Gasteiger partial charge in [-0.3, -0.25) is 0 Å². The summed E-state index contributed by atoms with van der Waals surface area (Å²) in [5.41, 5.74) is 15.1. The summed E-state index contributed by atoms with van der Waals surface area (Å²) in [6.45, 7) is 0. The number of benzene rings is 10. The Labute approximate surface area is 407 Å². The van der Waals surface area contributed by atoms with Crippen LogP contribution >= 0.6 is 0 Å². The topological polar surface area (TPSA) is 76.5 Å². The number of furan rings is 1. The summed E-state index contributed by atoms with van der Waals surface area (Å²) in [5, 5.41) is 17.2. The van der Waals surface area contributed by atoms with E-state index in [-0.39, 0.29) is 0 Å². The molecule has 0 fully saturated rings. The maximum atomic E-state index is 10.6. The molecule has 7 nitrogen and oxygen atoms in total. The van der Waals surface area contributed by atoms with Crippen molar-refractivity contribution in [2.24, 2.45) is 0 Å². The van der Waals surface area contributed by atoms with Crippen LogP contribution in [0, 0.1) is 11.3 Å². The Balaban J connectivity index is 1.06. The van der Waals surface area contributed by atoms with Crippen molar-refractivity contribution in [3.63, 3.8) is 0 Å². The first-order chi connectivity index (χ1) is 35.2. The third-order valence-corrected chi connectivity index (χ3v) is 13.9. The molecule has 0 saturated heterocycles. The minimum atomic E-state index is 0.515. The number of rotatable bonds is 7. The summed E-state index contributed by atoms with van der Waals surface area (Å²) in [6.07, 6.45) is 1.87. The van der Waals surface area contributed by atoms with E-state index in [1.54, 1.807) is 0 Å². The fourth-order valence-electron chi connectivity index (χ4n) is 10.8. The first kappa shape index (κ1) is 40.2. The molecule has 71 heavy (non-hydrogen) atoms. The number of aromatic nitrogens is 5. The maximum absolute atomic E-state index is 10.6. The van der Waals surface area contributed by atoms with Gasteiger partial charge in [-0.15, -0.1) is 0 Å². The second kappa shape index (κ2) is 16.1. The van der Waals surface area contributed by atoms with E-state index in [9.17, 15) is 5.26 Å². The Bertz CT molecular complexity index is 4460. The van der Waals surface area contributed by atoms with Crippen molar-refractivity contribution in [3.05, 3.63) is 242 Å². The van der Waals surface area contributed by atoms with E-state index in [1.165, 1.54) is 0 Å². The number of nitriles is 1. The van der Waals surface area contributed by atoms with Gasteiger partial charge in [0.25, 0.3) is 5.82 Å². The predicted molar refractivity (Wildman–Crippen MR) is 286 cm³/mol. The largest absolute Gasteiger partial charge is 0.454 e. The summed E-state index contributed by atoms with van der Waals surface area (Å²) in [4.78, 5) is 10.7. The molecule has 330 valence electrons. The highest BCUT2D eigenvalue weighted by Crippen LogP contribution is 2.44. The van der Waals surface area contributed by atoms with Crippen LogP contribution < -0.4 is 4.57 Å². The fourth-order valence-corrected chi connectivity index (χ4v) is 10.8. The highest BCUT2D eigenvalue weighted by atomic mass is 16.3. The lowest BCUT2D eigenvalue weighted by Gasteiger charge is -2.16. The van der Waals surface area contributed by atoms with Crippen molar-refractivity contribution in [2.75, 3.05) is 0 Å². The molecule has 0 saturated carbocycles. The SMILES string of the molecule is N#Cc1ccc(-n2c3ccccc3c3ccc4c(c5ccccc5n4-c4cccc5c4oc4ccccc45)c32)c(-[n+]2cnc(-c3ccccc3-c3ccccc3)nc2-c2ccc(-c3ccccc3)cc2)c1. The van der Waals surface area contributed by atoms with Gasteiger partial charge in [-0.1, -0.05) is 174 Å². The van der Waals surface area contributed by atoms with Gasteiger partial charge in [0.05, 0.1) is 56.2 Å². The van der Waals surface area contributed by atoms with E-state index < -0.39 is 0 Å². The minimum Gasteiger partial charge on any atom is -0.454 e. The number of hydrogen-bond acceptors (Lipinski definition) is 4. The van der Waals surface area contributed by atoms with Gasteiger partial charge in [-0.05, 0) is 89.0 Å². The maximum Gasteiger partial charge on any atom is 0.308 e. The second-order valence-corrected chi connectivity index (χ2v) is 17.9. The fraction of sp³-hybridized carbons (Fsp3) is 0. The van der Waals surface area contributed by atoms with E-state index >= 15 is 0 Å². The molecule has 0 aliphatic rings. The highest BCUT2D eigenvalue weighted by molar-refractivity contribution is 6.26.